The molecular weight excluding hydrogens is 328 g/mol. The first kappa shape index (κ1) is 16.1. The van der Waals surface area contributed by atoms with Gasteiger partial charge in [-0.15, -0.1) is 0 Å². The van der Waals surface area contributed by atoms with E-state index < -0.39 is 5.97 Å². The third kappa shape index (κ3) is 3.26. The van der Waals surface area contributed by atoms with Crippen LogP contribution in [-0.4, -0.2) is 23.5 Å². The van der Waals surface area contributed by atoms with Crippen LogP contribution in [-0.2, 0) is 4.74 Å². The number of nitrogens with one attached hydrogen (secondary N) is 2. The first-order chi connectivity index (χ1) is 11.6. The maximum Gasteiger partial charge on any atom is 0.340 e. The number of aromatic nitrogens is 1. The molecule has 6 heteroatoms. The number of amides is 1. The smallest absolute Gasteiger partial charge is 0.340 e. The van der Waals surface area contributed by atoms with Crippen LogP contribution in [0.25, 0.3) is 10.9 Å². The van der Waals surface area contributed by atoms with E-state index in [4.69, 9.17) is 16.3 Å². The molecule has 0 saturated heterocycles. The van der Waals surface area contributed by atoms with Crippen molar-refractivity contribution in [3.63, 3.8) is 0 Å². The zero-order valence-corrected chi connectivity index (χ0v) is 13.7. The minimum absolute atomic E-state index is 0.268. The van der Waals surface area contributed by atoms with Gasteiger partial charge in [-0.3, -0.25) is 4.79 Å². The number of ether oxygens (including phenoxy) is 1. The maximum atomic E-state index is 12.5. The number of halogens is 1. The lowest BCUT2D eigenvalue weighted by Gasteiger charge is -2.09. The second-order valence-corrected chi connectivity index (χ2v) is 5.57. The molecule has 3 aromatic rings. The van der Waals surface area contributed by atoms with Gasteiger partial charge in [0.25, 0.3) is 5.91 Å². The molecule has 24 heavy (non-hydrogen) atoms. The highest BCUT2D eigenvalue weighted by molar-refractivity contribution is 6.31. The van der Waals surface area contributed by atoms with Gasteiger partial charge in [-0.2, -0.15) is 0 Å². The normalized spacial score (nSPS) is 10.6. The number of rotatable bonds is 4. The van der Waals surface area contributed by atoms with Crippen LogP contribution in [0.4, 0.5) is 5.69 Å². The van der Waals surface area contributed by atoms with Gasteiger partial charge in [-0.05, 0) is 37.3 Å². The largest absolute Gasteiger partial charge is 0.462 e. The Labute approximate surface area is 143 Å². The molecule has 3 rings (SSSR count). The first-order valence-electron chi connectivity index (χ1n) is 7.44. The molecule has 0 spiro atoms. The molecule has 1 amide bonds. The molecule has 122 valence electrons. The SMILES string of the molecule is CCOC(=O)c1ccccc1NC(=O)c1cc2ccc(Cl)cc2[nH]1. The summed E-state index contributed by atoms with van der Waals surface area (Å²) in [5.41, 5.74) is 1.86. The summed E-state index contributed by atoms with van der Waals surface area (Å²) in [6, 6.07) is 13.8. The van der Waals surface area contributed by atoms with E-state index in [1.807, 2.05) is 6.07 Å². The van der Waals surface area contributed by atoms with Crippen molar-refractivity contribution in [3.05, 3.63) is 64.8 Å². The quantitative estimate of drug-likeness (QED) is 0.696. The third-order valence-corrected chi connectivity index (χ3v) is 3.73. The fraction of sp³-hybridized carbons (Fsp3) is 0.111. The molecule has 0 fully saturated rings. The van der Waals surface area contributed by atoms with Gasteiger partial charge in [-0.25, -0.2) is 4.79 Å². The van der Waals surface area contributed by atoms with Crippen molar-refractivity contribution >= 4 is 40.1 Å². The standard InChI is InChI=1S/C18H15ClN2O3/c1-2-24-18(23)13-5-3-4-6-14(13)21-17(22)16-9-11-7-8-12(19)10-15(11)20-16/h3-10,20H,2H2,1H3,(H,21,22). The molecule has 2 aromatic carbocycles. The number of aromatic amines is 1. The van der Waals surface area contributed by atoms with Gasteiger partial charge in [0.2, 0.25) is 0 Å². The Morgan fingerprint density at radius 2 is 1.96 bits per heavy atom. The molecule has 2 N–H and O–H groups in total. The number of anilines is 1. The van der Waals surface area contributed by atoms with E-state index in [9.17, 15) is 9.59 Å². The molecule has 0 aliphatic rings. The summed E-state index contributed by atoms with van der Waals surface area (Å²) in [4.78, 5) is 27.5. The van der Waals surface area contributed by atoms with Crippen LogP contribution in [0, 0.1) is 0 Å². The number of fused-ring (bicyclic) bond motifs is 1. The van der Waals surface area contributed by atoms with Crippen LogP contribution < -0.4 is 5.32 Å². The van der Waals surface area contributed by atoms with Gasteiger partial charge in [0.05, 0.1) is 17.9 Å². The molecular formula is C18H15ClN2O3. The Morgan fingerprint density at radius 1 is 1.17 bits per heavy atom. The van der Waals surface area contributed by atoms with Gasteiger partial charge in [0, 0.05) is 15.9 Å². The van der Waals surface area contributed by atoms with Crippen molar-refractivity contribution in [3.8, 4) is 0 Å². The van der Waals surface area contributed by atoms with Gasteiger partial charge in [0.1, 0.15) is 5.69 Å². The van der Waals surface area contributed by atoms with Crippen molar-refractivity contribution < 1.29 is 14.3 Å². The summed E-state index contributed by atoms with van der Waals surface area (Å²) in [5.74, 6) is -0.823. The van der Waals surface area contributed by atoms with E-state index in [2.05, 4.69) is 10.3 Å². The molecule has 0 atom stereocenters. The number of esters is 1. The number of hydrogen-bond acceptors (Lipinski definition) is 3. The lowest BCUT2D eigenvalue weighted by molar-refractivity contribution is 0.0527. The average Bonchev–Trinajstić information content (AvgIpc) is 2.98. The van der Waals surface area contributed by atoms with Crippen LogP contribution in [0.3, 0.4) is 0 Å². The van der Waals surface area contributed by atoms with E-state index in [1.54, 1.807) is 49.4 Å². The Kier molecular flexibility index (Phi) is 4.53. The van der Waals surface area contributed by atoms with E-state index >= 15 is 0 Å². The first-order valence-corrected chi connectivity index (χ1v) is 7.82. The van der Waals surface area contributed by atoms with Gasteiger partial charge < -0.3 is 15.0 Å². The lowest BCUT2D eigenvalue weighted by Crippen LogP contribution is -2.16. The van der Waals surface area contributed by atoms with E-state index in [0.29, 0.717) is 22.0 Å². The highest BCUT2D eigenvalue weighted by Gasteiger charge is 2.16. The molecule has 0 bridgehead atoms. The number of carbonyl (C=O) groups excluding carboxylic acids is 2. The Bertz CT molecular complexity index is 918. The number of hydrogen-bond donors (Lipinski definition) is 2. The molecule has 0 radical (unpaired) electrons. The Balaban J connectivity index is 1.87. The van der Waals surface area contributed by atoms with Crippen LogP contribution in [0.15, 0.2) is 48.5 Å². The molecule has 1 heterocycles. The van der Waals surface area contributed by atoms with Crippen LogP contribution >= 0.6 is 11.6 Å². The Morgan fingerprint density at radius 3 is 2.75 bits per heavy atom. The van der Waals surface area contributed by atoms with Crippen LogP contribution in [0.2, 0.25) is 5.02 Å². The highest BCUT2D eigenvalue weighted by atomic mass is 35.5. The predicted molar refractivity (Wildman–Crippen MR) is 93.7 cm³/mol. The monoisotopic (exact) mass is 342 g/mol. The highest BCUT2D eigenvalue weighted by Crippen LogP contribution is 2.22. The third-order valence-electron chi connectivity index (χ3n) is 3.50. The Hall–Kier alpha value is -2.79. The fourth-order valence-corrected chi connectivity index (χ4v) is 2.56. The minimum atomic E-state index is -0.475. The maximum absolute atomic E-state index is 12.5. The molecule has 5 nitrogen and oxygen atoms in total. The minimum Gasteiger partial charge on any atom is -0.462 e. The van der Waals surface area contributed by atoms with Crippen LogP contribution in [0.5, 0.6) is 0 Å². The van der Waals surface area contributed by atoms with Crippen molar-refractivity contribution in [1.29, 1.82) is 0 Å². The molecule has 0 aliphatic heterocycles. The summed E-state index contributed by atoms with van der Waals surface area (Å²) in [5, 5.41) is 4.20. The second-order valence-electron chi connectivity index (χ2n) is 5.13. The summed E-state index contributed by atoms with van der Waals surface area (Å²) < 4.78 is 5.00. The van der Waals surface area contributed by atoms with Gasteiger partial charge in [-0.1, -0.05) is 29.8 Å². The topological polar surface area (TPSA) is 71.2 Å². The second kappa shape index (κ2) is 6.76. The average molecular weight is 343 g/mol. The number of carbonyl (C=O) groups is 2. The van der Waals surface area contributed by atoms with Crippen molar-refractivity contribution in [2.75, 3.05) is 11.9 Å². The fourth-order valence-electron chi connectivity index (χ4n) is 2.39. The summed E-state index contributed by atoms with van der Waals surface area (Å²) >= 11 is 5.95. The molecule has 0 saturated carbocycles. The van der Waals surface area contributed by atoms with Gasteiger partial charge >= 0.3 is 5.97 Å². The molecule has 0 unspecified atom stereocenters. The summed E-state index contributed by atoms with van der Waals surface area (Å²) in [7, 11) is 0. The van der Waals surface area contributed by atoms with E-state index in [1.165, 1.54) is 0 Å². The van der Waals surface area contributed by atoms with Crippen molar-refractivity contribution in [2.45, 2.75) is 6.92 Å². The predicted octanol–water partition coefficient (Wildman–Crippen LogP) is 4.25. The van der Waals surface area contributed by atoms with E-state index in [0.717, 1.165) is 10.9 Å². The number of benzene rings is 2. The molecule has 0 aliphatic carbocycles. The zero-order valence-electron chi connectivity index (χ0n) is 12.9. The lowest BCUT2D eigenvalue weighted by atomic mass is 10.1. The number of H-pyrrole nitrogens is 1. The number of para-hydroxylation sites is 1. The summed E-state index contributed by atoms with van der Waals surface area (Å²) in [6.07, 6.45) is 0. The zero-order chi connectivity index (χ0) is 17.1. The van der Waals surface area contributed by atoms with Crippen molar-refractivity contribution in [2.24, 2.45) is 0 Å². The van der Waals surface area contributed by atoms with Gasteiger partial charge in [0.15, 0.2) is 0 Å². The molecule has 1 aromatic heterocycles. The van der Waals surface area contributed by atoms with Crippen LogP contribution in [0.1, 0.15) is 27.8 Å². The van der Waals surface area contributed by atoms with Crippen molar-refractivity contribution in [1.82, 2.24) is 4.98 Å². The summed E-state index contributed by atoms with van der Waals surface area (Å²) in [6.45, 7) is 2.00. The van der Waals surface area contributed by atoms with E-state index in [-0.39, 0.29) is 12.5 Å².